The number of carbonyl (C=O) groups is 1. The molecule has 2 fully saturated rings. The number of nitrogens with zero attached hydrogens (tertiary/aromatic N) is 1. The minimum Gasteiger partial charge on any atom is -0.314 e. The molecule has 4 aromatic rings. The highest BCUT2D eigenvalue weighted by Gasteiger charge is 2.77. The van der Waals surface area contributed by atoms with Gasteiger partial charge < -0.3 is 4.90 Å². The van der Waals surface area contributed by atoms with E-state index in [4.69, 9.17) is 0 Å². The van der Waals surface area contributed by atoms with Crippen LogP contribution in [0.3, 0.4) is 0 Å². The van der Waals surface area contributed by atoms with Gasteiger partial charge in [-0.15, -0.1) is 23.5 Å². The Morgan fingerprint density at radius 3 is 1.71 bits per heavy atom. The van der Waals surface area contributed by atoms with Crippen molar-refractivity contribution in [3.63, 3.8) is 0 Å². The van der Waals surface area contributed by atoms with Crippen molar-refractivity contribution < 1.29 is 4.79 Å². The van der Waals surface area contributed by atoms with Crippen molar-refractivity contribution in [3.05, 3.63) is 144 Å². The minimum atomic E-state index is -0.514. The third-order valence-electron chi connectivity index (χ3n) is 7.09. The highest BCUT2D eigenvalue weighted by Crippen LogP contribution is 2.76. The normalized spacial score (nSPS) is 23.0. The molecule has 0 aromatic heterocycles. The van der Waals surface area contributed by atoms with Crippen molar-refractivity contribution >= 4 is 29.4 Å². The van der Waals surface area contributed by atoms with Crippen molar-refractivity contribution in [3.8, 4) is 0 Å². The van der Waals surface area contributed by atoms with Crippen LogP contribution in [0, 0.1) is 0 Å². The lowest BCUT2D eigenvalue weighted by molar-refractivity contribution is 0.0841. The maximum Gasteiger partial charge on any atom is 0.255 e. The molecule has 0 spiro atoms. The van der Waals surface area contributed by atoms with Crippen LogP contribution in [-0.4, -0.2) is 22.3 Å². The van der Waals surface area contributed by atoms with Crippen molar-refractivity contribution in [1.29, 1.82) is 0 Å². The first-order valence-electron chi connectivity index (χ1n) is 12.1. The molecule has 2 heterocycles. The van der Waals surface area contributed by atoms with E-state index < -0.39 is 5.54 Å². The van der Waals surface area contributed by atoms with E-state index in [2.05, 4.69) is 95.9 Å². The summed E-state index contributed by atoms with van der Waals surface area (Å²) in [5, 5.41) is 0. The summed E-state index contributed by atoms with van der Waals surface area (Å²) in [5.41, 5.74) is 3.88. The van der Waals surface area contributed by atoms with Gasteiger partial charge in [-0.2, -0.15) is 0 Å². The van der Waals surface area contributed by atoms with Gasteiger partial charge in [0, 0.05) is 5.56 Å². The molecule has 0 unspecified atom stereocenters. The molecule has 0 bridgehead atoms. The lowest BCUT2D eigenvalue weighted by atomic mass is 9.84. The first-order valence-corrected chi connectivity index (χ1v) is 14.1. The molecule has 174 valence electrons. The first kappa shape index (κ1) is 22.5. The molecule has 2 aliphatic rings. The molecule has 35 heavy (non-hydrogen) atoms. The van der Waals surface area contributed by atoms with Gasteiger partial charge in [0.2, 0.25) is 0 Å². The molecule has 2 atom stereocenters. The average Bonchev–Trinajstić information content (AvgIpc) is 3.67. The Kier molecular flexibility index (Phi) is 5.95. The Balaban J connectivity index is 1.64. The van der Waals surface area contributed by atoms with E-state index in [1.807, 2.05) is 53.9 Å². The van der Waals surface area contributed by atoms with E-state index in [-0.39, 0.29) is 16.0 Å². The number of carbonyl (C=O) groups excluding carboxylic acids is 1. The second-order valence-corrected chi connectivity index (χ2v) is 11.9. The van der Waals surface area contributed by atoms with Crippen LogP contribution >= 0.6 is 23.5 Å². The third-order valence-corrected chi connectivity index (χ3v) is 10.7. The van der Waals surface area contributed by atoms with Crippen LogP contribution in [0.15, 0.2) is 121 Å². The fraction of sp³-hybridized carbons (Fsp3) is 0.194. The van der Waals surface area contributed by atoms with Crippen LogP contribution < -0.4 is 0 Å². The number of amides is 1. The largest absolute Gasteiger partial charge is 0.314 e. The molecule has 0 aliphatic carbocycles. The van der Waals surface area contributed by atoms with Crippen molar-refractivity contribution in [2.75, 3.05) is 11.5 Å². The zero-order chi connectivity index (χ0) is 23.7. The number of rotatable bonds is 5. The number of hydrogen-bond donors (Lipinski definition) is 0. The monoisotopic (exact) mass is 493 g/mol. The fourth-order valence-corrected chi connectivity index (χ4v) is 9.50. The van der Waals surface area contributed by atoms with Gasteiger partial charge in [-0.3, -0.25) is 4.79 Å². The molecule has 4 aromatic carbocycles. The zero-order valence-electron chi connectivity index (χ0n) is 19.4. The highest BCUT2D eigenvalue weighted by atomic mass is 32.2. The summed E-state index contributed by atoms with van der Waals surface area (Å²) in [5.74, 6) is 2.24. The van der Waals surface area contributed by atoms with Gasteiger partial charge in [-0.25, -0.2) is 0 Å². The molecule has 0 N–H and O–H groups in total. The molecule has 2 aliphatic heterocycles. The predicted molar refractivity (Wildman–Crippen MR) is 148 cm³/mol. The molecule has 0 radical (unpaired) electrons. The Morgan fingerprint density at radius 1 is 0.657 bits per heavy atom. The van der Waals surface area contributed by atoms with Crippen LogP contribution in [0.1, 0.15) is 39.5 Å². The Bertz CT molecular complexity index is 1290. The molecule has 0 saturated carbocycles. The molecular formula is C31H27NOS2. The van der Waals surface area contributed by atoms with Crippen LogP contribution in [0.4, 0.5) is 0 Å². The Morgan fingerprint density at radius 2 is 1.14 bits per heavy atom. The predicted octanol–water partition coefficient (Wildman–Crippen LogP) is 7.50. The topological polar surface area (TPSA) is 20.1 Å². The van der Waals surface area contributed by atoms with Crippen LogP contribution in [-0.2, 0) is 9.62 Å². The summed E-state index contributed by atoms with van der Waals surface area (Å²) >= 11 is 4.02. The summed E-state index contributed by atoms with van der Waals surface area (Å²) in [4.78, 5) is 16.5. The van der Waals surface area contributed by atoms with Gasteiger partial charge in [0.05, 0.1) is 6.04 Å². The van der Waals surface area contributed by atoms with Crippen LogP contribution in [0.25, 0.3) is 0 Å². The smallest absolute Gasteiger partial charge is 0.255 e. The maximum atomic E-state index is 14.3. The first-order chi connectivity index (χ1) is 17.3. The average molecular weight is 494 g/mol. The molecule has 2 nitrogen and oxygen atoms in total. The summed E-state index contributed by atoms with van der Waals surface area (Å²) in [7, 11) is 0. The summed E-state index contributed by atoms with van der Waals surface area (Å²) in [6, 6.07) is 41.9. The summed E-state index contributed by atoms with van der Waals surface area (Å²) in [6.45, 7) is 0. The van der Waals surface area contributed by atoms with Crippen LogP contribution in [0.5, 0.6) is 0 Å². The number of thioether (sulfide) groups is 2. The van der Waals surface area contributed by atoms with E-state index >= 15 is 0 Å². The number of benzene rings is 4. The Labute approximate surface area is 215 Å². The second-order valence-electron chi connectivity index (χ2n) is 9.02. The van der Waals surface area contributed by atoms with Crippen molar-refractivity contribution in [2.24, 2.45) is 0 Å². The standard InChI is InChI=1S/C31H27NOS2/c33-29(25-16-7-2-8-17-25)32-28(24-14-5-1-6-15-24)30(32,26-18-9-3-10-19-26)31(34-22-13-23-35-31)27-20-11-4-12-21-27/h1-12,14-21,28H,13,22-23H2/t28-,30+,32?/m1/s1. The van der Waals surface area contributed by atoms with Gasteiger partial charge in [0.25, 0.3) is 5.91 Å². The van der Waals surface area contributed by atoms with Gasteiger partial charge in [-0.1, -0.05) is 109 Å². The zero-order valence-corrected chi connectivity index (χ0v) is 21.1. The Hall–Kier alpha value is -2.95. The van der Waals surface area contributed by atoms with E-state index in [0.717, 1.165) is 17.1 Å². The fourth-order valence-electron chi connectivity index (χ4n) is 5.63. The SMILES string of the molecule is O=C(c1ccccc1)N1[C@H](c2ccccc2)[C@@]1(c1ccccc1)C1(c2ccccc2)SCCCS1. The van der Waals surface area contributed by atoms with E-state index in [1.165, 1.54) is 23.1 Å². The molecule has 1 amide bonds. The summed E-state index contributed by atoms with van der Waals surface area (Å²) < 4.78 is -0.321. The lowest BCUT2D eigenvalue weighted by Gasteiger charge is -2.44. The van der Waals surface area contributed by atoms with E-state index in [0.29, 0.717) is 0 Å². The van der Waals surface area contributed by atoms with Gasteiger partial charge in [0.15, 0.2) is 0 Å². The minimum absolute atomic E-state index is 0.0582. The van der Waals surface area contributed by atoms with Gasteiger partial charge in [0.1, 0.15) is 9.62 Å². The second kappa shape index (κ2) is 9.25. The third kappa shape index (κ3) is 3.54. The number of hydrogen-bond acceptors (Lipinski definition) is 3. The molecule has 6 rings (SSSR count). The van der Waals surface area contributed by atoms with Gasteiger partial charge in [-0.05, 0) is 46.7 Å². The highest BCUT2D eigenvalue weighted by molar-refractivity contribution is 8.18. The maximum absolute atomic E-state index is 14.3. The van der Waals surface area contributed by atoms with E-state index in [9.17, 15) is 4.79 Å². The van der Waals surface area contributed by atoms with Crippen molar-refractivity contribution in [2.45, 2.75) is 22.1 Å². The van der Waals surface area contributed by atoms with Crippen LogP contribution in [0.2, 0.25) is 0 Å². The van der Waals surface area contributed by atoms with E-state index in [1.54, 1.807) is 0 Å². The summed E-state index contributed by atoms with van der Waals surface area (Å²) in [6.07, 6.45) is 1.18. The lowest BCUT2D eigenvalue weighted by Crippen LogP contribution is -2.42. The molecule has 2 saturated heterocycles. The van der Waals surface area contributed by atoms with Gasteiger partial charge >= 0.3 is 0 Å². The molecule has 4 heteroatoms. The molecular weight excluding hydrogens is 466 g/mol. The van der Waals surface area contributed by atoms with Crippen molar-refractivity contribution in [1.82, 2.24) is 4.90 Å². The quantitative estimate of drug-likeness (QED) is 0.268.